The summed E-state index contributed by atoms with van der Waals surface area (Å²) in [5, 5.41) is 19.5. The Hall–Kier alpha value is -2.32. The van der Waals surface area contributed by atoms with Crippen LogP contribution in [-0.2, 0) is 0 Å². The molecule has 0 bridgehead atoms. The third kappa shape index (κ3) is 4.70. The molecule has 4 heterocycles. The first-order chi connectivity index (χ1) is 14.5. The van der Waals surface area contributed by atoms with E-state index in [4.69, 9.17) is 0 Å². The summed E-state index contributed by atoms with van der Waals surface area (Å²) in [6.45, 7) is 7.42. The van der Waals surface area contributed by atoms with Crippen molar-refractivity contribution in [1.29, 1.82) is 0 Å². The highest BCUT2D eigenvalue weighted by Crippen LogP contribution is 2.34. The Labute approximate surface area is 178 Å². The van der Waals surface area contributed by atoms with Crippen molar-refractivity contribution in [3.63, 3.8) is 0 Å². The highest BCUT2D eigenvalue weighted by molar-refractivity contribution is 5.39. The van der Waals surface area contributed by atoms with Gasteiger partial charge in [-0.2, -0.15) is 0 Å². The second-order valence-electron chi connectivity index (χ2n) is 8.55. The molecule has 0 radical (unpaired) electrons. The van der Waals surface area contributed by atoms with Gasteiger partial charge in [-0.05, 0) is 63.5 Å². The zero-order chi connectivity index (χ0) is 21.1. The molecule has 2 aromatic rings. The normalized spacial score (nSPS) is 20.9. The third-order valence-electron chi connectivity index (χ3n) is 6.46. The SMILES string of the molecule is C[C@@H](O)c1nccc(N2CCC(C3CCN(c4ccnc([C@@H](C)O)n4)CC3)CC2)n1. The van der Waals surface area contributed by atoms with Gasteiger partial charge in [-0.25, -0.2) is 19.9 Å². The van der Waals surface area contributed by atoms with E-state index in [0.29, 0.717) is 11.6 Å². The first-order valence-corrected chi connectivity index (χ1v) is 11.0. The van der Waals surface area contributed by atoms with Gasteiger partial charge in [0.25, 0.3) is 0 Å². The Morgan fingerprint density at radius 3 is 1.43 bits per heavy atom. The molecule has 8 heteroatoms. The molecule has 2 aromatic heterocycles. The van der Waals surface area contributed by atoms with E-state index in [0.717, 1.165) is 49.7 Å². The molecular weight excluding hydrogens is 380 g/mol. The molecule has 2 saturated heterocycles. The van der Waals surface area contributed by atoms with E-state index in [1.165, 1.54) is 25.7 Å². The lowest BCUT2D eigenvalue weighted by atomic mass is 9.79. The predicted octanol–water partition coefficient (Wildman–Crippen LogP) is 2.51. The summed E-state index contributed by atoms with van der Waals surface area (Å²) in [4.78, 5) is 22.0. The molecule has 8 nitrogen and oxygen atoms in total. The van der Waals surface area contributed by atoms with Crippen LogP contribution in [0.25, 0.3) is 0 Å². The van der Waals surface area contributed by atoms with Gasteiger partial charge in [0.05, 0.1) is 0 Å². The van der Waals surface area contributed by atoms with Crippen molar-refractivity contribution in [1.82, 2.24) is 19.9 Å². The lowest BCUT2D eigenvalue weighted by Crippen LogP contribution is -2.41. The predicted molar refractivity (Wildman–Crippen MR) is 115 cm³/mol. The van der Waals surface area contributed by atoms with Gasteiger partial charge in [-0.15, -0.1) is 0 Å². The fraction of sp³-hybridized carbons (Fsp3) is 0.636. The fourth-order valence-electron chi connectivity index (χ4n) is 4.68. The van der Waals surface area contributed by atoms with Crippen LogP contribution in [0.5, 0.6) is 0 Å². The zero-order valence-corrected chi connectivity index (χ0v) is 17.9. The lowest BCUT2D eigenvalue weighted by molar-refractivity contribution is 0.188. The van der Waals surface area contributed by atoms with Gasteiger partial charge < -0.3 is 20.0 Å². The Balaban J connectivity index is 1.29. The Morgan fingerprint density at radius 2 is 1.10 bits per heavy atom. The van der Waals surface area contributed by atoms with E-state index in [-0.39, 0.29) is 0 Å². The van der Waals surface area contributed by atoms with E-state index in [1.54, 1.807) is 26.2 Å². The van der Waals surface area contributed by atoms with Crippen LogP contribution in [0.15, 0.2) is 24.5 Å². The molecule has 0 aliphatic carbocycles. The molecule has 0 aromatic carbocycles. The lowest BCUT2D eigenvalue weighted by Gasteiger charge is -2.40. The molecule has 162 valence electrons. The van der Waals surface area contributed by atoms with Gasteiger partial charge in [-0.3, -0.25) is 0 Å². The van der Waals surface area contributed by atoms with Gasteiger partial charge >= 0.3 is 0 Å². The van der Waals surface area contributed by atoms with Crippen molar-refractivity contribution in [2.45, 2.75) is 51.7 Å². The van der Waals surface area contributed by atoms with Crippen molar-refractivity contribution < 1.29 is 10.2 Å². The number of rotatable bonds is 5. The summed E-state index contributed by atoms with van der Waals surface area (Å²) >= 11 is 0. The monoisotopic (exact) mass is 412 g/mol. The van der Waals surface area contributed by atoms with Crippen LogP contribution in [0.4, 0.5) is 11.6 Å². The zero-order valence-electron chi connectivity index (χ0n) is 17.9. The highest BCUT2D eigenvalue weighted by atomic mass is 16.3. The van der Waals surface area contributed by atoms with Crippen molar-refractivity contribution in [3.8, 4) is 0 Å². The molecule has 0 unspecified atom stereocenters. The summed E-state index contributed by atoms with van der Waals surface area (Å²) in [5.74, 6) is 4.33. The van der Waals surface area contributed by atoms with Gasteiger partial charge in [0.2, 0.25) is 0 Å². The number of nitrogens with zero attached hydrogens (tertiary/aromatic N) is 6. The maximum Gasteiger partial charge on any atom is 0.158 e. The van der Waals surface area contributed by atoms with Crippen molar-refractivity contribution in [2.24, 2.45) is 11.8 Å². The minimum Gasteiger partial charge on any atom is -0.385 e. The van der Waals surface area contributed by atoms with Crippen LogP contribution in [0.3, 0.4) is 0 Å². The van der Waals surface area contributed by atoms with E-state index < -0.39 is 12.2 Å². The van der Waals surface area contributed by atoms with E-state index >= 15 is 0 Å². The topological polar surface area (TPSA) is 98.5 Å². The summed E-state index contributed by atoms with van der Waals surface area (Å²) in [7, 11) is 0. The molecule has 2 atom stereocenters. The average Bonchev–Trinajstić information content (AvgIpc) is 2.79. The molecular formula is C22H32N6O2. The largest absolute Gasteiger partial charge is 0.385 e. The standard InChI is InChI=1S/C22H32N6O2/c1-15(29)21-23-9-3-19(25-21)27-11-5-17(6-12-27)18-7-13-28(14-8-18)20-4-10-24-22(26-20)16(2)30/h3-4,9-10,15-18,29-30H,5-8,11-14H2,1-2H3/t15-,16-/m1/s1. The number of aliphatic hydroxyl groups excluding tert-OH is 2. The maximum absolute atomic E-state index is 9.74. The summed E-state index contributed by atoms with van der Waals surface area (Å²) in [5.41, 5.74) is 0. The first-order valence-electron chi connectivity index (χ1n) is 11.0. The summed E-state index contributed by atoms with van der Waals surface area (Å²) < 4.78 is 0. The molecule has 0 saturated carbocycles. The number of aromatic nitrogens is 4. The average molecular weight is 413 g/mol. The number of anilines is 2. The highest BCUT2D eigenvalue weighted by Gasteiger charge is 2.30. The Kier molecular flexibility index (Phi) is 6.43. The van der Waals surface area contributed by atoms with Crippen LogP contribution >= 0.6 is 0 Å². The van der Waals surface area contributed by atoms with E-state index in [9.17, 15) is 10.2 Å². The van der Waals surface area contributed by atoms with Crippen LogP contribution in [0, 0.1) is 11.8 Å². The van der Waals surface area contributed by atoms with Gasteiger partial charge in [-0.1, -0.05) is 0 Å². The Morgan fingerprint density at radius 1 is 0.733 bits per heavy atom. The van der Waals surface area contributed by atoms with Crippen molar-refractivity contribution >= 4 is 11.6 Å². The number of piperidine rings is 2. The summed E-state index contributed by atoms with van der Waals surface area (Å²) in [6.07, 6.45) is 6.91. The van der Waals surface area contributed by atoms with E-state index in [2.05, 4.69) is 29.7 Å². The fourth-order valence-corrected chi connectivity index (χ4v) is 4.68. The summed E-state index contributed by atoms with van der Waals surface area (Å²) in [6, 6.07) is 3.88. The van der Waals surface area contributed by atoms with Gasteiger partial charge in [0, 0.05) is 38.6 Å². The second-order valence-corrected chi connectivity index (χ2v) is 8.55. The quantitative estimate of drug-likeness (QED) is 0.773. The van der Waals surface area contributed by atoms with Crippen molar-refractivity contribution in [2.75, 3.05) is 36.0 Å². The first kappa shape index (κ1) is 20.9. The Bertz CT molecular complexity index is 760. The van der Waals surface area contributed by atoms with Crippen LogP contribution < -0.4 is 9.80 Å². The third-order valence-corrected chi connectivity index (χ3v) is 6.46. The smallest absolute Gasteiger partial charge is 0.158 e. The van der Waals surface area contributed by atoms with Crippen molar-refractivity contribution in [3.05, 3.63) is 36.2 Å². The van der Waals surface area contributed by atoms with Gasteiger partial charge in [0.15, 0.2) is 11.6 Å². The number of hydrogen-bond acceptors (Lipinski definition) is 8. The molecule has 2 aliphatic rings. The van der Waals surface area contributed by atoms with Crippen LogP contribution in [0.1, 0.15) is 63.4 Å². The number of aliphatic hydroxyl groups is 2. The molecule has 30 heavy (non-hydrogen) atoms. The maximum atomic E-state index is 9.74. The van der Waals surface area contributed by atoms with Crippen LogP contribution in [0.2, 0.25) is 0 Å². The minimum absolute atomic E-state index is 0.491. The molecule has 2 aliphatic heterocycles. The number of hydrogen-bond donors (Lipinski definition) is 2. The van der Waals surface area contributed by atoms with Crippen LogP contribution in [-0.4, -0.2) is 56.3 Å². The second kappa shape index (κ2) is 9.22. The molecule has 2 N–H and O–H groups in total. The molecule has 0 amide bonds. The van der Waals surface area contributed by atoms with Gasteiger partial charge in [0.1, 0.15) is 23.8 Å². The van der Waals surface area contributed by atoms with E-state index in [1.807, 2.05) is 12.1 Å². The molecule has 4 rings (SSSR count). The minimum atomic E-state index is -0.640. The molecule has 2 fully saturated rings. The molecule has 0 spiro atoms.